The summed E-state index contributed by atoms with van der Waals surface area (Å²) in [7, 11) is -3.75. The maximum Gasteiger partial charge on any atom is 0.510 e. The minimum absolute atomic E-state index is 0.0611. The Kier molecular flexibility index (Phi) is 13.7. The van der Waals surface area contributed by atoms with Crippen LogP contribution in [0.2, 0.25) is 0 Å². The summed E-state index contributed by atoms with van der Waals surface area (Å²) in [5, 5.41) is 12.1. The fourth-order valence-corrected chi connectivity index (χ4v) is 11.5. The molecule has 1 saturated carbocycles. The van der Waals surface area contributed by atoms with Gasteiger partial charge in [-0.25, -0.2) is 43.2 Å². The van der Waals surface area contributed by atoms with Crippen LogP contribution in [-0.4, -0.2) is 132 Å². The van der Waals surface area contributed by atoms with Gasteiger partial charge in [0.05, 0.1) is 44.1 Å². The first kappa shape index (κ1) is 46.5. The van der Waals surface area contributed by atoms with E-state index in [0.29, 0.717) is 11.4 Å². The number of phosphoric ester groups is 1. The van der Waals surface area contributed by atoms with Crippen molar-refractivity contribution in [2.24, 2.45) is 5.41 Å². The highest BCUT2D eigenvalue weighted by Crippen LogP contribution is 2.66. The van der Waals surface area contributed by atoms with Crippen LogP contribution in [-0.2, 0) is 60.2 Å². The van der Waals surface area contributed by atoms with Crippen molar-refractivity contribution in [2.45, 2.75) is 96.0 Å². The second kappa shape index (κ2) is 18.6. The van der Waals surface area contributed by atoms with E-state index in [-0.39, 0.29) is 40.5 Å². The van der Waals surface area contributed by atoms with Gasteiger partial charge < -0.3 is 49.6 Å². The van der Waals surface area contributed by atoms with Gasteiger partial charge in [0, 0.05) is 23.9 Å². The molecular weight excluding hydrogens is 902 g/mol. The lowest BCUT2D eigenvalue weighted by Gasteiger charge is -2.35. The molecule has 0 aromatic carbocycles. The maximum atomic E-state index is 15.0. The number of aromatic nitrogens is 8. The van der Waals surface area contributed by atoms with E-state index < -0.39 is 119 Å². The van der Waals surface area contributed by atoms with E-state index in [4.69, 9.17) is 62.5 Å². The van der Waals surface area contributed by atoms with Gasteiger partial charge in [-0.3, -0.25) is 32.4 Å². The number of H-pyrrole nitrogens is 1. The van der Waals surface area contributed by atoms with Gasteiger partial charge in [0.15, 0.2) is 34.8 Å². The number of hydrogen-bond donors (Lipinski definition) is 4. The lowest BCUT2D eigenvalue weighted by Crippen LogP contribution is -2.39. The van der Waals surface area contributed by atoms with Crippen LogP contribution in [0.5, 0.6) is 0 Å². The highest BCUT2D eigenvalue weighted by Gasteiger charge is 2.58. The number of nitrogens with zero attached hydrogens (tertiary/aromatic N) is 7. The van der Waals surface area contributed by atoms with Gasteiger partial charge in [-0.05, 0) is 34.1 Å². The average Bonchev–Trinajstić information content (AvgIpc) is 3.96. The number of aliphatic hydroxyl groups is 1. The zero-order chi connectivity index (χ0) is 45.4. The number of aliphatic hydroxyl groups excluding tert-OH is 1. The summed E-state index contributed by atoms with van der Waals surface area (Å²) in [4.78, 5) is 60.7. The first-order chi connectivity index (χ1) is 29.8. The Hall–Kier alpha value is -4.47. The second-order valence-corrected chi connectivity index (χ2v) is 20.8. The molecular formula is C33H46N10O17P2S. The van der Waals surface area contributed by atoms with E-state index in [1.54, 1.807) is 34.6 Å². The van der Waals surface area contributed by atoms with Crippen LogP contribution in [0.1, 0.15) is 53.3 Å². The highest BCUT2D eigenvalue weighted by atomic mass is 32.7. The topological polar surface area (TPSA) is 349 Å². The van der Waals surface area contributed by atoms with E-state index in [1.807, 2.05) is 0 Å². The van der Waals surface area contributed by atoms with Crippen LogP contribution in [0, 0.1) is 5.41 Å². The molecule has 0 radical (unpaired) electrons. The third-order valence-electron chi connectivity index (χ3n) is 9.98. The van der Waals surface area contributed by atoms with Gasteiger partial charge in [-0.15, -0.1) is 0 Å². The summed E-state index contributed by atoms with van der Waals surface area (Å²) >= 11 is 0.455. The summed E-state index contributed by atoms with van der Waals surface area (Å²) in [6.45, 7) is 1.10. The van der Waals surface area contributed by atoms with Gasteiger partial charge in [0.2, 0.25) is 12.7 Å². The van der Waals surface area contributed by atoms with Gasteiger partial charge in [-0.1, -0.05) is 6.92 Å². The fourth-order valence-electron chi connectivity index (χ4n) is 7.23. The van der Waals surface area contributed by atoms with Crippen molar-refractivity contribution in [3.05, 3.63) is 29.3 Å². The van der Waals surface area contributed by atoms with Crippen LogP contribution >= 0.6 is 26.0 Å². The standard InChI is InChI=1S/C33H46N10O17P2S/c1-15(2)56-31(46)51-13-55-61(48)54-9-33(5)7-17(42-11-38-19-25(34)36-10-37-26(19)42)21(44)24(33)60-62(49,63-14-52-32(47)57-16(3)4)53-8-18-22(50-6)23(59-61)29(58-18)43-12-39-20-27(43)40-30(35)41-28(20)45/h10-12,15-18,21-24,29,44H,7-9,13-14H2,1-6H3,(H2,34,36,37)(H3,35,40,41,45)/t17-,18-,21+,22-,23-,24+,29-,33-,61-,62+/m1/s1. The number of rotatable bonds is 11. The highest BCUT2D eigenvalue weighted by molar-refractivity contribution is 8.55. The van der Waals surface area contributed by atoms with Crippen LogP contribution in [0.25, 0.3) is 22.3 Å². The van der Waals surface area contributed by atoms with Crippen molar-refractivity contribution in [1.29, 1.82) is 0 Å². The Labute approximate surface area is 360 Å². The molecule has 10 atom stereocenters. The van der Waals surface area contributed by atoms with E-state index in [2.05, 4.69) is 29.9 Å². The molecule has 0 spiro atoms. The SMILES string of the molecule is CO[C@H]1[C@H]2O[P@@](=O)(OCOC(=O)OC(C)C)OC[C@@]3(C)C[C@@H](n4cnc5c(N)ncnc54)[C@H](O)[C@@H]3O[P@@](=O)(SCOC(=O)OC(C)C)OC[C@H]1O[C@H]2n1cnc2c(=O)[nH]c(N)nc21. The summed E-state index contributed by atoms with van der Waals surface area (Å²) in [6, 6.07) is -0.943. The third-order valence-corrected chi connectivity index (χ3v) is 14.7. The van der Waals surface area contributed by atoms with Crippen LogP contribution in [0.4, 0.5) is 21.4 Å². The average molecular weight is 949 g/mol. The number of hydrogen-bond acceptors (Lipinski definition) is 25. The van der Waals surface area contributed by atoms with Gasteiger partial charge in [0.25, 0.3) is 5.56 Å². The molecule has 2 bridgehead atoms. The monoisotopic (exact) mass is 948 g/mol. The molecule has 6 N–H and O–H groups in total. The molecule has 346 valence electrons. The summed E-state index contributed by atoms with van der Waals surface area (Å²) in [5.41, 5.74) is 10.0. The molecule has 0 amide bonds. The molecule has 3 fully saturated rings. The minimum atomic E-state index is -5.01. The zero-order valence-electron chi connectivity index (χ0n) is 34.5. The first-order valence-electron chi connectivity index (χ1n) is 19.2. The summed E-state index contributed by atoms with van der Waals surface area (Å²) in [5.74, 6) is -0.811. The van der Waals surface area contributed by atoms with E-state index in [0.717, 1.165) is 0 Å². The third kappa shape index (κ3) is 9.95. The number of anilines is 2. The Morgan fingerprint density at radius 2 is 1.70 bits per heavy atom. The molecule has 7 rings (SSSR count). The molecule has 1 aliphatic carbocycles. The number of fused-ring (bicyclic) bond motifs is 5. The van der Waals surface area contributed by atoms with Crippen LogP contribution in [0.15, 0.2) is 23.8 Å². The van der Waals surface area contributed by atoms with Crippen LogP contribution < -0.4 is 17.0 Å². The van der Waals surface area contributed by atoms with Crippen molar-refractivity contribution in [1.82, 2.24) is 39.0 Å². The number of aromatic amines is 1. The molecule has 4 aromatic rings. The van der Waals surface area contributed by atoms with Crippen molar-refractivity contribution in [2.75, 3.05) is 44.5 Å². The minimum Gasteiger partial charge on any atom is -0.432 e. The van der Waals surface area contributed by atoms with Gasteiger partial charge >= 0.3 is 26.9 Å². The number of phosphoric acid groups is 1. The van der Waals surface area contributed by atoms with Crippen LogP contribution in [0.3, 0.4) is 0 Å². The van der Waals surface area contributed by atoms with E-state index in [1.165, 1.54) is 35.2 Å². The summed E-state index contributed by atoms with van der Waals surface area (Å²) < 4.78 is 95.4. The number of nitrogens with two attached hydrogens (primary N) is 2. The molecule has 2 saturated heterocycles. The number of carbonyl (C=O) groups is 2. The smallest absolute Gasteiger partial charge is 0.432 e. The Balaban J connectivity index is 1.30. The van der Waals surface area contributed by atoms with Crippen molar-refractivity contribution in [3.8, 4) is 0 Å². The van der Waals surface area contributed by atoms with E-state index >= 15 is 9.13 Å². The molecule has 4 aromatic heterocycles. The van der Waals surface area contributed by atoms with Crippen molar-refractivity contribution >= 4 is 72.4 Å². The number of nitrogens with one attached hydrogen (secondary N) is 1. The number of nitrogen functional groups attached to an aromatic ring is 2. The molecule has 2 aliphatic heterocycles. The van der Waals surface area contributed by atoms with Crippen molar-refractivity contribution in [3.63, 3.8) is 0 Å². The Bertz CT molecular complexity index is 2470. The molecule has 6 heterocycles. The van der Waals surface area contributed by atoms with Gasteiger partial charge in [-0.2, -0.15) is 4.98 Å². The fraction of sp³-hybridized carbons (Fsp3) is 0.636. The largest absolute Gasteiger partial charge is 0.510 e. The lowest BCUT2D eigenvalue weighted by molar-refractivity contribution is -0.0733. The Morgan fingerprint density at radius 3 is 2.41 bits per heavy atom. The lowest BCUT2D eigenvalue weighted by atomic mass is 9.87. The second-order valence-electron chi connectivity index (χ2n) is 15.2. The number of imidazole rings is 2. The predicted molar refractivity (Wildman–Crippen MR) is 215 cm³/mol. The number of methoxy groups -OCH3 is 1. The van der Waals surface area contributed by atoms with Crippen molar-refractivity contribution < 1.29 is 74.9 Å². The number of carbonyl (C=O) groups excluding carboxylic acids is 2. The Morgan fingerprint density at radius 1 is 1.00 bits per heavy atom. The predicted octanol–water partition coefficient (Wildman–Crippen LogP) is 3.17. The molecule has 27 nitrogen and oxygen atoms in total. The molecule has 3 aliphatic rings. The quantitative estimate of drug-likeness (QED) is 0.0952. The first-order valence-corrected chi connectivity index (χ1v) is 23.8. The summed E-state index contributed by atoms with van der Waals surface area (Å²) in [6.07, 6.45) is -8.14. The molecule has 63 heavy (non-hydrogen) atoms. The number of ether oxygens (including phenoxy) is 6. The van der Waals surface area contributed by atoms with Gasteiger partial charge in [0.1, 0.15) is 42.4 Å². The molecule has 30 heteroatoms. The zero-order valence-corrected chi connectivity index (χ0v) is 37.1. The molecule has 0 unspecified atom stereocenters. The maximum absolute atomic E-state index is 15.0. The normalized spacial score (nSPS) is 31.3. The van der Waals surface area contributed by atoms with E-state index in [9.17, 15) is 19.5 Å².